The van der Waals surface area contributed by atoms with Gasteiger partial charge in [0.15, 0.2) is 0 Å². The fraction of sp³-hybridized carbons (Fsp3) is 0.462. The summed E-state index contributed by atoms with van der Waals surface area (Å²) in [6.45, 7) is 2.82. The molecule has 5 nitrogen and oxygen atoms in total. The van der Waals surface area contributed by atoms with Crippen LogP contribution in [0.15, 0.2) is 24.3 Å². The fourth-order valence-corrected chi connectivity index (χ4v) is 1.49. The van der Waals surface area contributed by atoms with Crippen LogP contribution in [-0.4, -0.2) is 23.8 Å². The molecule has 1 aromatic rings. The Balaban J connectivity index is 2.47. The van der Waals surface area contributed by atoms with Crippen molar-refractivity contribution in [2.45, 2.75) is 32.2 Å². The van der Waals surface area contributed by atoms with Gasteiger partial charge in [0.1, 0.15) is 5.75 Å². The van der Waals surface area contributed by atoms with Crippen LogP contribution in [0.4, 0.5) is 0 Å². The lowest BCUT2D eigenvalue weighted by atomic mass is 10.1. The number of amides is 1. The van der Waals surface area contributed by atoms with Crippen molar-refractivity contribution in [3.8, 4) is 5.75 Å². The molecule has 0 saturated carbocycles. The lowest BCUT2D eigenvalue weighted by Crippen LogP contribution is -2.40. The van der Waals surface area contributed by atoms with E-state index in [0.29, 0.717) is 13.0 Å². The highest BCUT2D eigenvalue weighted by molar-refractivity contribution is 5.80. The number of nitrogens with one attached hydrogen (secondary N) is 1. The Hall–Kier alpha value is -1.59. The molecule has 0 aliphatic heterocycles. The summed E-state index contributed by atoms with van der Waals surface area (Å²) in [6, 6.07) is 6.70. The van der Waals surface area contributed by atoms with Gasteiger partial charge in [-0.1, -0.05) is 25.5 Å². The zero-order valence-corrected chi connectivity index (χ0v) is 10.6. The van der Waals surface area contributed by atoms with E-state index in [1.54, 1.807) is 5.48 Å². The van der Waals surface area contributed by atoms with Gasteiger partial charge in [-0.05, 0) is 30.5 Å². The minimum absolute atomic E-state index is 0.377. The first-order valence-corrected chi connectivity index (χ1v) is 6.08. The number of carbonyl (C=O) groups excluding carboxylic acids is 1. The number of rotatable bonds is 7. The van der Waals surface area contributed by atoms with Gasteiger partial charge in [0.05, 0.1) is 12.6 Å². The highest BCUT2D eigenvalue weighted by Crippen LogP contribution is 2.13. The van der Waals surface area contributed by atoms with Crippen LogP contribution in [0, 0.1) is 0 Å². The molecule has 0 aliphatic carbocycles. The molecule has 18 heavy (non-hydrogen) atoms. The Kier molecular flexibility index (Phi) is 6.18. The van der Waals surface area contributed by atoms with E-state index in [-0.39, 0.29) is 0 Å². The maximum Gasteiger partial charge on any atom is 0.260 e. The van der Waals surface area contributed by atoms with Gasteiger partial charge in [-0.25, -0.2) is 5.48 Å². The molecule has 5 heteroatoms. The zero-order chi connectivity index (χ0) is 13.4. The van der Waals surface area contributed by atoms with E-state index >= 15 is 0 Å². The fourth-order valence-electron chi connectivity index (χ4n) is 1.49. The molecule has 100 valence electrons. The van der Waals surface area contributed by atoms with Gasteiger partial charge in [-0.2, -0.15) is 0 Å². The molecule has 0 spiro atoms. The molecule has 1 amide bonds. The Labute approximate surface area is 107 Å². The van der Waals surface area contributed by atoms with Gasteiger partial charge in [0, 0.05) is 0 Å². The summed E-state index contributed by atoms with van der Waals surface area (Å²) in [5, 5.41) is 8.45. The van der Waals surface area contributed by atoms with E-state index in [1.165, 1.54) is 0 Å². The van der Waals surface area contributed by atoms with Gasteiger partial charge in [-0.15, -0.1) is 0 Å². The van der Waals surface area contributed by atoms with E-state index < -0.39 is 11.9 Å². The number of nitrogens with two attached hydrogens (primary N) is 1. The van der Waals surface area contributed by atoms with Gasteiger partial charge in [0.25, 0.3) is 5.91 Å². The highest BCUT2D eigenvalue weighted by Gasteiger charge is 2.12. The zero-order valence-electron chi connectivity index (χ0n) is 10.6. The Morgan fingerprint density at radius 2 is 2.11 bits per heavy atom. The van der Waals surface area contributed by atoms with Crippen LogP contribution in [0.25, 0.3) is 0 Å². The normalized spacial score (nSPS) is 11.9. The number of benzene rings is 1. The molecular weight excluding hydrogens is 232 g/mol. The molecule has 0 bridgehead atoms. The lowest BCUT2D eigenvalue weighted by Gasteiger charge is -2.10. The van der Waals surface area contributed by atoms with Crippen molar-refractivity contribution < 1.29 is 14.7 Å². The molecule has 1 aromatic carbocycles. The first-order chi connectivity index (χ1) is 8.67. The third-order valence-electron chi connectivity index (χ3n) is 2.59. The predicted octanol–water partition coefficient (Wildman–Crippen LogP) is 1.24. The van der Waals surface area contributed by atoms with Crippen molar-refractivity contribution in [3.63, 3.8) is 0 Å². The van der Waals surface area contributed by atoms with Crippen molar-refractivity contribution in [1.82, 2.24) is 5.48 Å². The second-order valence-electron chi connectivity index (χ2n) is 4.13. The standard InChI is InChI=1S/C13H20N2O3/c1-2-3-8-18-11-6-4-10(5-7-11)9-12(14)13(16)15-17/h4-7,12,17H,2-3,8-9,14H2,1H3,(H,15,16)/t12-/m0/s1. The molecule has 0 saturated heterocycles. The largest absolute Gasteiger partial charge is 0.494 e. The van der Waals surface area contributed by atoms with E-state index in [4.69, 9.17) is 15.7 Å². The topological polar surface area (TPSA) is 84.6 Å². The van der Waals surface area contributed by atoms with E-state index in [2.05, 4.69) is 6.92 Å². The number of ether oxygens (including phenoxy) is 1. The number of hydrogen-bond acceptors (Lipinski definition) is 4. The Morgan fingerprint density at radius 3 is 2.67 bits per heavy atom. The number of carbonyl (C=O) groups is 1. The maximum absolute atomic E-state index is 11.0. The third kappa shape index (κ3) is 4.73. The predicted molar refractivity (Wildman–Crippen MR) is 68.5 cm³/mol. The number of hydrogen-bond donors (Lipinski definition) is 3. The van der Waals surface area contributed by atoms with Crippen LogP contribution in [0.2, 0.25) is 0 Å². The van der Waals surface area contributed by atoms with Crippen LogP contribution in [-0.2, 0) is 11.2 Å². The summed E-state index contributed by atoms with van der Waals surface area (Å²) in [5.41, 5.74) is 8.06. The Morgan fingerprint density at radius 1 is 1.44 bits per heavy atom. The van der Waals surface area contributed by atoms with E-state index in [0.717, 1.165) is 24.2 Å². The van der Waals surface area contributed by atoms with Gasteiger partial charge >= 0.3 is 0 Å². The first kappa shape index (κ1) is 14.5. The monoisotopic (exact) mass is 252 g/mol. The molecule has 1 rings (SSSR count). The minimum atomic E-state index is -0.748. The Bertz CT molecular complexity index is 365. The molecule has 0 radical (unpaired) electrons. The molecule has 1 atom stereocenters. The van der Waals surface area contributed by atoms with E-state index in [9.17, 15) is 4.79 Å². The second-order valence-corrected chi connectivity index (χ2v) is 4.13. The summed E-state index contributed by atoms with van der Waals surface area (Å²) >= 11 is 0. The average Bonchev–Trinajstić information content (AvgIpc) is 2.40. The van der Waals surface area contributed by atoms with Crippen LogP contribution >= 0.6 is 0 Å². The average molecular weight is 252 g/mol. The van der Waals surface area contributed by atoms with Crippen LogP contribution in [0.5, 0.6) is 5.75 Å². The van der Waals surface area contributed by atoms with Crippen molar-refractivity contribution in [2.75, 3.05) is 6.61 Å². The van der Waals surface area contributed by atoms with Gasteiger partial charge in [0.2, 0.25) is 0 Å². The van der Waals surface area contributed by atoms with Gasteiger partial charge in [-0.3, -0.25) is 10.0 Å². The quantitative estimate of drug-likeness (QED) is 0.387. The minimum Gasteiger partial charge on any atom is -0.494 e. The van der Waals surface area contributed by atoms with Crippen molar-refractivity contribution in [1.29, 1.82) is 0 Å². The van der Waals surface area contributed by atoms with Gasteiger partial charge < -0.3 is 10.5 Å². The van der Waals surface area contributed by atoms with Crippen LogP contribution in [0.3, 0.4) is 0 Å². The molecule has 0 heterocycles. The summed E-state index contributed by atoms with van der Waals surface area (Å²) < 4.78 is 5.52. The highest BCUT2D eigenvalue weighted by atomic mass is 16.5. The SMILES string of the molecule is CCCCOc1ccc(C[C@H](N)C(=O)NO)cc1. The molecule has 0 aliphatic rings. The van der Waals surface area contributed by atoms with E-state index in [1.807, 2.05) is 24.3 Å². The van der Waals surface area contributed by atoms with Crippen molar-refractivity contribution in [2.24, 2.45) is 5.73 Å². The maximum atomic E-state index is 11.0. The van der Waals surface area contributed by atoms with Crippen molar-refractivity contribution in [3.05, 3.63) is 29.8 Å². The summed E-state index contributed by atoms with van der Waals surface area (Å²) in [7, 11) is 0. The number of unbranched alkanes of at least 4 members (excludes halogenated alkanes) is 1. The van der Waals surface area contributed by atoms with Crippen LogP contribution < -0.4 is 16.0 Å². The molecule has 0 unspecified atom stereocenters. The molecular formula is C13H20N2O3. The summed E-state index contributed by atoms with van der Waals surface area (Å²) in [5.74, 6) is 0.227. The third-order valence-corrected chi connectivity index (χ3v) is 2.59. The second kappa shape index (κ2) is 7.68. The first-order valence-electron chi connectivity index (χ1n) is 6.08. The smallest absolute Gasteiger partial charge is 0.260 e. The molecule has 4 N–H and O–H groups in total. The van der Waals surface area contributed by atoms with Crippen LogP contribution in [0.1, 0.15) is 25.3 Å². The summed E-state index contributed by atoms with van der Waals surface area (Å²) in [4.78, 5) is 11.0. The summed E-state index contributed by atoms with van der Waals surface area (Å²) in [6.07, 6.45) is 2.51. The lowest BCUT2D eigenvalue weighted by molar-refractivity contribution is -0.130. The molecule has 0 fully saturated rings. The van der Waals surface area contributed by atoms with Crippen molar-refractivity contribution >= 4 is 5.91 Å². The number of hydroxylamine groups is 1. The molecule has 0 aromatic heterocycles.